The topological polar surface area (TPSA) is 102 Å². The molecule has 7 nitrogen and oxygen atoms in total. The van der Waals surface area contributed by atoms with Gasteiger partial charge in [0.15, 0.2) is 9.84 Å². The van der Waals surface area contributed by atoms with Crippen molar-refractivity contribution in [1.82, 2.24) is 10.0 Å². The highest BCUT2D eigenvalue weighted by Gasteiger charge is 2.15. The van der Waals surface area contributed by atoms with Crippen LogP contribution >= 0.6 is 0 Å². The molecule has 0 radical (unpaired) electrons. The van der Waals surface area contributed by atoms with E-state index in [4.69, 9.17) is 4.74 Å². The average molecular weight is 379 g/mol. The fourth-order valence-electron chi connectivity index (χ4n) is 1.88. The molecule has 0 aliphatic rings. The molecule has 9 heteroatoms. The Morgan fingerprint density at radius 3 is 2.25 bits per heavy atom. The molecule has 1 aromatic rings. The van der Waals surface area contributed by atoms with E-state index >= 15 is 0 Å². The predicted molar refractivity (Wildman–Crippen MR) is 94.6 cm³/mol. The van der Waals surface area contributed by atoms with Crippen molar-refractivity contribution in [2.75, 3.05) is 31.2 Å². The van der Waals surface area contributed by atoms with Crippen molar-refractivity contribution in [2.45, 2.75) is 31.7 Å². The van der Waals surface area contributed by atoms with Gasteiger partial charge in [0, 0.05) is 18.3 Å². The van der Waals surface area contributed by atoms with E-state index in [9.17, 15) is 16.8 Å². The first-order chi connectivity index (χ1) is 11.2. The number of rotatable bonds is 11. The second-order valence-corrected chi connectivity index (χ2v) is 9.61. The van der Waals surface area contributed by atoms with Crippen molar-refractivity contribution in [3.63, 3.8) is 0 Å². The fourth-order valence-corrected chi connectivity index (χ4v) is 3.64. The number of nitrogens with one attached hydrogen (secondary N) is 2. The standard InChI is InChI=1S/C15H26N2O5S2/c1-4-16-13(3)12-17-24(20,21)15-8-6-14(7-9-15)22-10-11-23(18,19)5-2/h6-9,13,16-17H,4-5,10-12H2,1-3H3/t13-/m1/s1. The lowest BCUT2D eigenvalue weighted by Crippen LogP contribution is -2.38. The van der Waals surface area contributed by atoms with Gasteiger partial charge < -0.3 is 10.1 Å². The summed E-state index contributed by atoms with van der Waals surface area (Å²) in [4.78, 5) is 0.139. The minimum absolute atomic E-state index is 0.0351. The molecule has 0 saturated heterocycles. The summed E-state index contributed by atoms with van der Waals surface area (Å²) in [6, 6.07) is 5.93. The highest BCUT2D eigenvalue weighted by atomic mass is 32.2. The first-order valence-electron chi connectivity index (χ1n) is 7.86. The van der Waals surface area contributed by atoms with Gasteiger partial charge >= 0.3 is 0 Å². The lowest BCUT2D eigenvalue weighted by Gasteiger charge is -2.14. The molecule has 24 heavy (non-hydrogen) atoms. The van der Waals surface area contributed by atoms with Gasteiger partial charge in [0.05, 0.1) is 10.6 Å². The normalized spacial score (nSPS) is 13.6. The molecule has 1 aromatic carbocycles. The first-order valence-corrected chi connectivity index (χ1v) is 11.2. The summed E-state index contributed by atoms with van der Waals surface area (Å²) in [6.45, 7) is 6.54. The Kier molecular flexibility index (Phi) is 8.14. The van der Waals surface area contributed by atoms with Crippen molar-refractivity contribution in [1.29, 1.82) is 0 Å². The van der Waals surface area contributed by atoms with Crippen LogP contribution in [0.15, 0.2) is 29.2 Å². The zero-order valence-corrected chi connectivity index (χ0v) is 15.9. The van der Waals surface area contributed by atoms with Crippen LogP contribution in [0.2, 0.25) is 0 Å². The second kappa shape index (κ2) is 9.36. The summed E-state index contributed by atoms with van der Waals surface area (Å²) >= 11 is 0. The summed E-state index contributed by atoms with van der Waals surface area (Å²) in [7, 11) is -6.66. The van der Waals surface area contributed by atoms with Crippen LogP contribution in [-0.2, 0) is 19.9 Å². The van der Waals surface area contributed by atoms with Gasteiger partial charge in [-0.3, -0.25) is 0 Å². The molecule has 0 aliphatic heterocycles. The van der Waals surface area contributed by atoms with Gasteiger partial charge in [-0.05, 0) is 37.7 Å². The van der Waals surface area contributed by atoms with Gasteiger partial charge in [0.25, 0.3) is 0 Å². The number of ether oxygens (including phenoxy) is 1. The van der Waals surface area contributed by atoms with Crippen LogP contribution in [0.1, 0.15) is 20.8 Å². The SMILES string of the molecule is CCN[C@H](C)CNS(=O)(=O)c1ccc(OCCS(=O)(=O)CC)cc1. The largest absolute Gasteiger partial charge is 0.493 e. The van der Waals surface area contributed by atoms with E-state index in [0.717, 1.165) is 6.54 Å². The van der Waals surface area contributed by atoms with Crippen LogP contribution in [-0.4, -0.2) is 54.1 Å². The predicted octanol–water partition coefficient (Wildman–Crippen LogP) is 0.776. The van der Waals surface area contributed by atoms with Gasteiger partial charge in [0.1, 0.15) is 12.4 Å². The minimum atomic E-state index is -3.58. The molecule has 0 saturated carbocycles. The number of sulfone groups is 1. The number of hydrogen-bond donors (Lipinski definition) is 2. The first kappa shape index (κ1) is 20.9. The highest BCUT2D eigenvalue weighted by molar-refractivity contribution is 7.91. The summed E-state index contributed by atoms with van der Waals surface area (Å²) in [6.07, 6.45) is 0. The van der Waals surface area contributed by atoms with E-state index in [2.05, 4.69) is 10.0 Å². The molecule has 0 amide bonds. The smallest absolute Gasteiger partial charge is 0.240 e. The Hall–Kier alpha value is -1.16. The van der Waals surface area contributed by atoms with E-state index in [1.807, 2.05) is 13.8 Å². The molecule has 0 bridgehead atoms. The van der Waals surface area contributed by atoms with Crippen molar-refractivity contribution in [2.24, 2.45) is 0 Å². The molecule has 0 fully saturated rings. The Balaban J connectivity index is 2.59. The maximum Gasteiger partial charge on any atom is 0.240 e. The third-order valence-electron chi connectivity index (χ3n) is 3.37. The van der Waals surface area contributed by atoms with Gasteiger partial charge in [-0.2, -0.15) is 0 Å². The lowest BCUT2D eigenvalue weighted by atomic mass is 10.3. The van der Waals surface area contributed by atoms with Gasteiger partial charge in [-0.15, -0.1) is 0 Å². The van der Waals surface area contributed by atoms with E-state index in [1.165, 1.54) is 24.3 Å². The molecule has 138 valence electrons. The summed E-state index contributed by atoms with van der Waals surface area (Å²) < 4.78 is 55.0. The highest BCUT2D eigenvalue weighted by Crippen LogP contribution is 2.16. The zero-order chi connectivity index (χ0) is 18.2. The number of benzene rings is 1. The summed E-state index contributed by atoms with van der Waals surface area (Å²) in [5.74, 6) is 0.444. The quantitative estimate of drug-likeness (QED) is 0.590. The molecule has 0 aromatic heterocycles. The van der Waals surface area contributed by atoms with Crippen molar-refractivity contribution >= 4 is 19.9 Å². The Morgan fingerprint density at radius 2 is 1.71 bits per heavy atom. The Morgan fingerprint density at radius 1 is 1.08 bits per heavy atom. The van der Waals surface area contributed by atoms with Gasteiger partial charge in [0.2, 0.25) is 10.0 Å². The Bertz CT molecular complexity index is 700. The minimum Gasteiger partial charge on any atom is -0.493 e. The second-order valence-electron chi connectivity index (χ2n) is 5.37. The third-order valence-corrected chi connectivity index (χ3v) is 6.48. The van der Waals surface area contributed by atoms with Crippen molar-refractivity contribution < 1.29 is 21.6 Å². The average Bonchev–Trinajstić information content (AvgIpc) is 2.54. The third kappa shape index (κ3) is 7.16. The van der Waals surface area contributed by atoms with Crippen molar-refractivity contribution in [3.8, 4) is 5.75 Å². The molecular formula is C15H26N2O5S2. The van der Waals surface area contributed by atoms with Crippen LogP contribution in [0.25, 0.3) is 0 Å². The molecule has 1 rings (SSSR count). The summed E-state index contributed by atoms with van der Waals surface area (Å²) in [5, 5.41) is 3.12. The van der Waals surface area contributed by atoms with E-state index in [-0.39, 0.29) is 29.0 Å². The van der Waals surface area contributed by atoms with Crippen LogP contribution in [0.3, 0.4) is 0 Å². The number of hydrogen-bond acceptors (Lipinski definition) is 6. The van der Waals surface area contributed by atoms with Gasteiger partial charge in [-0.1, -0.05) is 13.8 Å². The molecule has 0 spiro atoms. The molecule has 0 heterocycles. The number of sulfonamides is 1. The number of likely N-dealkylation sites (N-methyl/N-ethyl adjacent to an activating group) is 1. The maximum absolute atomic E-state index is 12.2. The fraction of sp³-hybridized carbons (Fsp3) is 0.600. The van der Waals surface area contributed by atoms with E-state index < -0.39 is 19.9 Å². The van der Waals surface area contributed by atoms with Crippen LogP contribution in [0.4, 0.5) is 0 Å². The zero-order valence-electron chi connectivity index (χ0n) is 14.3. The lowest BCUT2D eigenvalue weighted by molar-refractivity contribution is 0.340. The molecular weight excluding hydrogens is 352 g/mol. The summed E-state index contributed by atoms with van der Waals surface area (Å²) in [5.41, 5.74) is 0. The van der Waals surface area contributed by atoms with Crippen LogP contribution in [0.5, 0.6) is 5.75 Å². The van der Waals surface area contributed by atoms with E-state index in [1.54, 1.807) is 6.92 Å². The Labute approximate surface area is 144 Å². The van der Waals surface area contributed by atoms with Crippen LogP contribution < -0.4 is 14.8 Å². The molecule has 1 atom stereocenters. The van der Waals surface area contributed by atoms with Crippen molar-refractivity contribution in [3.05, 3.63) is 24.3 Å². The van der Waals surface area contributed by atoms with Crippen LogP contribution in [0, 0.1) is 0 Å². The van der Waals surface area contributed by atoms with Gasteiger partial charge in [-0.25, -0.2) is 21.6 Å². The molecule has 0 aliphatic carbocycles. The molecule has 2 N–H and O–H groups in total. The monoisotopic (exact) mass is 378 g/mol. The van der Waals surface area contributed by atoms with E-state index in [0.29, 0.717) is 12.3 Å². The molecule has 0 unspecified atom stereocenters. The maximum atomic E-state index is 12.2.